The first kappa shape index (κ1) is 17.6. The van der Waals surface area contributed by atoms with Gasteiger partial charge in [-0.2, -0.15) is 0 Å². The van der Waals surface area contributed by atoms with Gasteiger partial charge in [0.25, 0.3) is 0 Å². The summed E-state index contributed by atoms with van der Waals surface area (Å²) in [5, 5.41) is 14.2. The molecule has 0 amide bonds. The van der Waals surface area contributed by atoms with Crippen molar-refractivity contribution in [3.05, 3.63) is 48.5 Å². The number of nitrogens with one attached hydrogen (secondary N) is 1. The lowest BCUT2D eigenvalue weighted by atomic mass is 9.95. The lowest BCUT2D eigenvalue weighted by molar-refractivity contribution is -0.165. The summed E-state index contributed by atoms with van der Waals surface area (Å²) < 4.78 is 36.5. The van der Waals surface area contributed by atoms with Gasteiger partial charge in [0.1, 0.15) is 12.1 Å². The van der Waals surface area contributed by atoms with Gasteiger partial charge in [-0.15, -0.1) is 0 Å². The van der Waals surface area contributed by atoms with E-state index in [4.69, 9.17) is 9.47 Å². The molecule has 0 radical (unpaired) electrons. The predicted octanol–water partition coefficient (Wildman–Crippen LogP) is 0.102. The maximum Gasteiger partial charge on any atom is 0.181 e. The maximum absolute atomic E-state index is 11.5. The number of hydrogen-bond donors (Lipinski definition) is 2. The summed E-state index contributed by atoms with van der Waals surface area (Å²) in [6.45, 7) is 0.893. The highest BCUT2D eigenvalue weighted by Gasteiger charge is 2.50. The molecule has 2 aliphatic rings. The monoisotopic (exact) mass is 379 g/mol. The van der Waals surface area contributed by atoms with Crippen LogP contribution >= 0.6 is 0 Å². The molecule has 1 aromatic carbocycles. The Bertz CT molecular complexity index is 853. The molecule has 0 saturated carbocycles. The third kappa shape index (κ3) is 3.28. The van der Waals surface area contributed by atoms with E-state index in [9.17, 15) is 13.5 Å². The highest BCUT2D eigenvalue weighted by molar-refractivity contribution is 7.90. The fourth-order valence-corrected chi connectivity index (χ4v) is 4.14. The molecule has 0 spiro atoms. The molecule has 2 fully saturated rings. The number of sulfone groups is 1. The van der Waals surface area contributed by atoms with E-state index >= 15 is 0 Å². The Labute approximate surface area is 151 Å². The first-order valence-electron chi connectivity index (χ1n) is 8.38. The maximum atomic E-state index is 11.5. The van der Waals surface area contributed by atoms with Crippen LogP contribution in [0.2, 0.25) is 0 Å². The van der Waals surface area contributed by atoms with Crippen LogP contribution in [0.3, 0.4) is 0 Å². The van der Waals surface area contributed by atoms with Crippen molar-refractivity contribution in [1.29, 1.82) is 0 Å². The molecule has 2 aliphatic heterocycles. The fourth-order valence-electron chi connectivity index (χ4n) is 3.51. The molecule has 2 saturated heterocycles. The minimum absolute atomic E-state index is 0.231. The molecule has 9 heteroatoms. The number of nitrogens with zero attached hydrogens (tertiary/aromatic N) is 2. The van der Waals surface area contributed by atoms with E-state index in [0.29, 0.717) is 13.2 Å². The van der Waals surface area contributed by atoms with Crippen molar-refractivity contribution in [3.8, 4) is 0 Å². The second-order valence-electron chi connectivity index (χ2n) is 6.69. The number of hydrogen-bond acceptors (Lipinski definition) is 7. The number of aliphatic hydroxyl groups is 1. The van der Waals surface area contributed by atoms with E-state index in [0.717, 1.165) is 5.56 Å². The number of imidazole rings is 1. The minimum Gasteiger partial charge on any atom is -0.389 e. The van der Waals surface area contributed by atoms with Crippen LogP contribution in [0.25, 0.3) is 0 Å². The van der Waals surface area contributed by atoms with E-state index < -0.39 is 22.2 Å². The first-order valence-corrected chi connectivity index (χ1v) is 10.3. The van der Waals surface area contributed by atoms with Crippen molar-refractivity contribution in [2.24, 2.45) is 0 Å². The highest BCUT2D eigenvalue weighted by Crippen LogP contribution is 2.35. The summed E-state index contributed by atoms with van der Waals surface area (Å²) in [5.74, 6) is 0. The van der Waals surface area contributed by atoms with Crippen molar-refractivity contribution in [2.45, 2.75) is 42.0 Å². The van der Waals surface area contributed by atoms with Crippen LogP contribution in [0.1, 0.15) is 11.6 Å². The van der Waals surface area contributed by atoms with Gasteiger partial charge in [-0.05, 0) is 17.7 Å². The second kappa shape index (κ2) is 6.75. The second-order valence-corrected chi connectivity index (χ2v) is 8.71. The molecule has 2 aromatic rings. The standard InChI is InChI=1S/C17H21N3O5S/c1-26(22,23)12-4-2-11(3-5-12)8-19-14-13-9-24-17(25-13)15(16(14)21)20-7-6-18-10-20/h2-7,10,13-17,19,21H,8-9H2,1H3/t13-,14-,15-,16+,17-/m1/s1. The molecule has 3 heterocycles. The van der Waals surface area contributed by atoms with Crippen LogP contribution in [0, 0.1) is 0 Å². The van der Waals surface area contributed by atoms with Gasteiger partial charge in [0.15, 0.2) is 16.1 Å². The lowest BCUT2D eigenvalue weighted by Crippen LogP contribution is -2.57. The summed E-state index contributed by atoms with van der Waals surface area (Å²) in [4.78, 5) is 4.32. The molecular formula is C17H21N3O5S. The Kier molecular flexibility index (Phi) is 4.57. The molecule has 1 aromatic heterocycles. The zero-order valence-electron chi connectivity index (χ0n) is 14.2. The first-order chi connectivity index (χ1) is 12.4. The van der Waals surface area contributed by atoms with Crippen LogP contribution in [-0.4, -0.2) is 60.5 Å². The number of fused-ring (bicyclic) bond motifs is 2. The summed E-state index contributed by atoms with van der Waals surface area (Å²) >= 11 is 0. The molecule has 0 aliphatic carbocycles. The fraction of sp³-hybridized carbons (Fsp3) is 0.471. The van der Waals surface area contributed by atoms with Crippen LogP contribution in [0.4, 0.5) is 0 Å². The van der Waals surface area contributed by atoms with Gasteiger partial charge in [-0.25, -0.2) is 13.4 Å². The third-order valence-electron chi connectivity index (χ3n) is 4.89. The normalized spacial score (nSPS) is 31.2. The van der Waals surface area contributed by atoms with Crippen molar-refractivity contribution in [2.75, 3.05) is 12.9 Å². The molecule has 4 rings (SSSR count). The van der Waals surface area contributed by atoms with E-state index in [1.807, 2.05) is 0 Å². The quantitative estimate of drug-likeness (QED) is 0.760. The van der Waals surface area contributed by atoms with Gasteiger partial charge < -0.3 is 24.5 Å². The molecule has 5 atom stereocenters. The number of aliphatic hydroxyl groups excluding tert-OH is 1. The summed E-state index contributed by atoms with van der Waals surface area (Å²) in [6.07, 6.45) is 4.83. The van der Waals surface area contributed by atoms with Gasteiger partial charge in [0, 0.05) is 25.2 Å². The molecular weight excluding hydrogens is 358 g/mol. The Hall–Kier alpha value is -1.78. The molecule has 0 unspecified atom stereocenters. The Morgan fingerprint density at radius 3 is 2.77 bits per heavy atom. The number of benzene rings is 1. The van der Waals surface area contributed by atoms with Crippen LogP contribution < -0.4 is 5.32 Å². The van der Waals surface area contributed by atoms with Crippen LogP contribution in [0.5, 0.6) is 0 Å². The smallest absolute Gasteiger partial charge is 0.181 e. The molecule has 2 bridgehead atoms. The van der Waals surface area contributed by atoms with Crippen LogP contribution in [-0.2, 0) is 25.9 Å². The van der Waals surface area contributed by atoms with E-state index in [1.165, 1.54) is 6.26 Å². The highest BCUT2D eigenvalue weighted by atomic mass is 32.2. The summed E-state index contributed by atoms with van der Waals surface area (Å²) in [6, 6.07) is 6.02. The van der Waals surface area contributed by atoms with E-state index in [-0.39, 0.29) is 23.1 Å². The van der Waals surface area contributed by atoms with Gasteiger partial charge >= 0.3 is 0 Å². The number of rotatable bonds is 5. The van der Waals surface area contributed by atoms with Gasteiger partial charge in [0.05, 0.1) is 30.0 Å². The molecule has 8 nitrogen and oxygen atoms in total. The molecule has 140 valence electrons. The molecule has 2 N–H and O–H groups in total. The van der Waals surface area contributed by atoms with Gasteiger partial charge in [0.2, 0.25) is 0 Å². The van der Waals surface area contributed by atoms with Crippen molar-refractivity contribution >= 4 is 9.84 Å². The van der Waals surface area contributed by atoms with Crippen molar-refractivity contribution < 1.29 is 23.0 Å². The van der Waals surface area contributed by atoms with E-state index in [1.54, 1.807) is 47.6 Å². The zero-order valence-corrected chi connectivity index (χ0v) is 15.0. The molecule has 26 heavy (non-hydrogen) atoms. The van der Waals surface area contributed by atoms with Crippen molar-refractivity contribution in [1.82, 2.24) is 14.9 Å². The average Bonchev–Trinajstić information content (AvgIpc) is 3.26. The zero-order chi connectivity index (χ0) is 18.3. The minimum atomic E-state index is -3.21. The SMILES string of the molecule is CS(=O)(=O)c1ccc(CN[C@H]2[C@H](O)[C@@H](n3ccnc3)[C@@H]3OC[C@H]2O3)cc1. The number of aromatic nitrogens is 2. The number of ether oxygens (including phenoxy) is 2. The van der Waals surface area contributed by atoms with Crippen LogP contribution in [0.15, 0.2) is 47.9 Å². The largest absolute Gasteiger partial charge is 0.389 e. The third-order valence-corrected chi connectivity index (χ3v) is 6.02. The van der Waals surface area contributed by atoms with Crippen molar-refractivity contribution in [3.63, 3.8) is 0 Å². The Balaban J connectivity index is 1.47. The predicted molar refractivity (Wildman–Crippen MR) is 92.1 cm³/mol. The Morgan fingerprint density at radius 1 is 1.35 bits per heavy atom. The topological polar surface area (TPSA) is 103 Å². The Morgan fingerprint density at radius 2 is 2.12 bits per heavy atom. The lowest BCUT2D eigenvalue weighted by Gasteiger charge is -2.39. The average molecular weight is 379 g/mol. The summed E-state index contributed by atoms with van der Waals surface area (Å²) in [5.41, 5.74) is 0.921. The van der Waals surface area contributed by atoms with E-state index in [2.05, 4.69) is 10.3 Å². The van der Waals surface area contributed by atoms with Gasteiger partial charge in [-0.1, -0.05) is 12.1 Å². The van der Waals surface area contributed by atoms with Gasteiger partial charge in [-0.3, -0.25) is 0 Å². The summed E-state index contributed by atoms with van der Waals surface area (Å²) in [7, 11) is -3.21.